The first kappa shape index (κ1) is 19.1. The maximum absolute atomic E-state index is 13.0. The second-order valence-electron chi connectivity index (χ2n) is 7.28. The molecule has 2 fully saturated rings. The highest BCUT2D eigenvalue weighted by Gasteiger charge is 2.47. The fourth-order valence-corrected chi connectivity index (χ4v) is 4.02. The Balaban J connectivity index is 1.79. The molecule has 2 amide bonds. The molecule has 1 N–H and O–H groups in total. The molecule has 144 valence electrons. The molecule has 2 atom stereocenters. The number of ether oxygens (including phenoxy) is 1. The molecule has 7 heteroatoms. The van der Waals surface area contributed by atoms with Crippen LogP contribution in [0.3, 0.4) is 0 Å². The van der Waals surface area contributed by atoms with Gasteiger partial charge >= 0.3 is 18.0 Å². The van der Waals surface area contributed by atoms with Crippen molar-refractivity contribution in [2.24, 2.45) is 11.8 Å². The number of nitrogens with zero attached hydrogens (tertiary/aromatic N) is 1. The lowest BCUT2D eigenvalue weighted by molar-refractivity contribution is -0.145. The van der Waals surface area contributed by atoms with Gasteiger partial charge in [0.15, 0.2) is 0 Å². The molecule has 0 aromatic heterocycles. The predicted octanol–water partition coefficient (Wildman–Crippen LogP) is 2.77. The Morgan fingerprint density at radius 2 is 1.81 bits per heavy atom. The number of amides is 2. The number of rotatable bonds is 7. The number of hydrogen-bond acceptors (Lipinski definition) is 5. The van der Waals surface area contributed by atoms with Crippen LogP contribution in [0.25, 0.3) is 0 Å². The number of hydrogen-bond donors (Lipinski definition) is 1. The third-order valence-electron chi connectivity index (χ3n) is 5.34. The Morgan fingerprint density at radius 1 is 1.15 bits per heavy atom. The first-order chi connectivity index (χ1) is 13.0. The van der Waals surface area contributed by atoms with E-state index in [0.717, 1.165) is 36.1 Å². The van der Waals surface area contributed by atoms with Gasteiger partial charge < -0.3 is 9.84 Å². The lowest BCUT2D eigenvalue weighted by atomic mass is 9.89. The van der Waals surface area contributed by atoms with E-state index in [9.17, 15) is 24.3 Å². The van der Waals surface area contributed by atoms with Crippen LogP contribution < -0.4 is 0 Å². The summed E-state index contributed by atoms with van der Waals surface area (Å²) in [4.78, 5) is 49.4. The van der Waals surface area contributed by atoms with Crippen molar-refractivity contribution in [3.8, 4) is 0 Å². The van der Waals surface area contributed by atoms with Gasteiger partial charge in [-0.1, -0.05) is 56.0 Å². The van der Waals surface area contributed by atoms with Gasteiger partial charge in [-0.05, 0) is 17.9 Å². The van der Waals surface area contributed by atoms with Gasteiger partial charge in [0.2, 0.25) is 5.91 Å². The molecule has 2 aliphatic rings. The van der Waals surface area contributed by atoms with Crippen LogP contribution >= 0.6 is 0 Å². The molecular formula is C20H23NO6. The first-order valence-electron chi connectivity index (χ1n) is 9.30. The Hall–Kier alpha value is -2.70. The Kier molecular flexibility index (Phi) is 5.88. The van der Waals surface area contributed by atoms with Gasteiger partial charge in [0.05, 0.1) is 6.42 Å². The van der Waals surface area contributed by atoms with Crippen molar-refractivity contribution in [1.82, 2.24) is 4.90 Å². The van der Waals surface area contributed by atoms with E-state index >= 15 is 0 Å². The van der Waals surface area contributed by atoms with E-state index in [1.807, 2.05) is 6.07 Å². The van der Waals surface area contributed by atoms with E-state index in [1.165, 1.54) is 0 Å². The number of carboxylic acids is 1. The molecule has 1 aliphatic heterocycles. The average molecular weight is 373 g/mol. The van der Waals surface area contributed by atoms with Crippen LogP contribution in [0.1, 0.15) is 44.1 Å². The molecule has 7 nitrogen and oxygen atoms in total. The lowest BCUT2D eigenvalue weighted by Crippen LogP contribution is -2.45. The molecule has 1 aromatic rings. The minimum atomic E-state index is -1.09. The van der Waals surface area contributed by atoms with Crippen LogP contribution in [0.2, 0.25) is 0 Å². The van der Waals surface area contributed by atoms with Crippen LogP contribution in [0, 0.1) is 11.8 Å². The molecule has 0 spiro atoms. The fourth-order valence-electron chi connectivity index (χ4n) is 4.02. The zero-order chi connectivity index (χ0) is 19.4. The molecule has 0 bridgehead atoms. The number of aliphatic carboxylic acids is 1. The minimum absolute atomic E-state index is 0.153. The van der Waals surface area contributed by atoms with E-state index < -0.39 is 35.9 Å². The molecule has 1 saturated carbocycles. The Labute approximate surface area is 157 Å². The summed E-state index contributed by atoms with van der Waals surface area (Å²) in [7, 11) is 0. The third-order valence-corrected chi connectivity index (χ3v) is 5.34. The molecule has 1 heterocycles. The molecule has 0 radical (unpaired) electrons. The van der Waals surface area contributed by atoms with Crippen molar-refractivity contribution < 1.29 is 29.0 Å². The van der Waals surface area contributed by atoms with Crippen molar-refractivity contribution in [3.63, 3.8) is 0 Å². The zero-order valence-electron chi connectivity index (χ0n) is 15.0. The maximum atomic E-state index is 13.0. The highest BCUT2D eigenvalue weighted by Crippen LogP contribution is 2.33. The standard InChI is InChI=1S/C20H23NO6/c22-17(23)12-15(10-13-8-4-5-9-13)18(24)21-16(19(25)27-20(21)26)11-14-6-2-1-3-7-14/h1-3,6-7,13,15-16H,4-5,8-12H2,(H,22,23)/t15-,16+/m1/s1. The van der Waals surface area contributed by atoms with Crippen molar-refractivity contribution in [2.75, 3.05) is 0 Å². The van der Waals surface area contributed by atoms with Crippen LogP contribution in [0.15, 0.2) is 30.3 Å². The monoisotopic (exact) mass is 373 g/mol. The largest absolute Gasteiger partial charge is 0.481 e. The van der Waals surface area contributed by atoms with Crippen LogP contribution in [-0.4, -0.2) is 40.0 Å². The summed E-state index contributed by atoms with van der Waals surface area (Å²) in [5.74, 6) is -3.04. The normalized spacial score (nSPS) is 21.3. The van der Waals surface area contributed by atoms with E-state index in [2.05, 4.69) is 4.74 Å². The van der Waals surface area contributed by atoms with Crippen molar-refractivity contribution >= 4 is 23.9 Å². The number of carbonyl (C=O) groups excluding carboxylic acids is 3. The van der Waals surface area contributed by atoms with Gasteiger partial charge in [-0.15, -0.1) is 0 Å². The lowest BCUT2D eigenvalue weighted by Gasteiger charge is -2.25. The molecule has 1 aromatic carbocycles. The fraction of sp³-hybridized carbons (Fsp3) is 0.500. The van der Waals surface area contributed by atoms with E-state index in [-0.39, 0.29) is 18.8 Å². The average Bonchev–Trinajstić information content (AvgIpc) is 3.22. The van der Waals surface area contributed by atoms with Gasteiger partial charge in [0, 0.05) is 12.3 Å². The highest BCUT2D eigenvalue weighted by molar-refractivity contribution is 6.06. The SMILES string of the molecule is O=C(O)C[C@@H](CC1CCCC1)C(=O)N1C(=O)OC(=O)[C@@H]1Cc1ccccc1. The van der Waals surface area contributed by atoms with E-state index in [4.69, 9.17) is 0 Å². The molecule has 1 aliphatic carbocycles. The molecule has 3 rings (SSSR count). The van der Waals surface area contributed by atoms with Crippen LogP contribution in [-0.2, 0) is 25.5 Å². The molecule has 1 saturated heterocycles. The minimum Gasteiger partial charge on any atom is -0.481 e. The number of imide groups is 1. The summed E-state index contributed by atoms with van der Waals surface area (Å²) in [5, 5.41) is 9.21. The molecule has 0 unspecified atom stereocenters. The Morgan fingerprint density at radius 3 is 2.44 bits per heavy atom. The van der Waals surface area contributed by atoms with Crippen molar-refractivity contribution in [3.05, 3.63) is 35.9 Å². The number of cyclic esters (lactones) is 2. The summed E-state index contributed by atoms with van der Waals surface area (Å²) in [6.45, 7) is 0. The smallest absolute Gasteiger partial charge is 0.425 e. The zero-order valence-corrected chi connectivity index (χ0v) is 15.0. The van der Waals surface area contributed by atoms with Crippen molar-refractivity contribution in [1.29, 1.82) is 0 Å². The summed E-state index contributed by atoms with van der Waals surface area (Å²) in [6.07, 6.45) is 3.26. The second-order valence-corrected chi connectivity index (χ2v) is 7.28. The highest BCUT2D eigenvalue weighted by atomic mass is 16.6. The van der Waals surface area contributed by atoms with E-state index in [1.54, 1.807) is 24.3 Å². The quantitative estimate of drug-likeness (QED) is 0.583. The number of esters is 1. The van der Waals surface area contributed by atoms with E-state index in [0.29, 0.717) is 6.42 Å². The second kappa shape index (κ2) is 8.33. The Bertz CT molecular complexity index is 725. The van der Waals surface area contributed by atoms with Gasteiger partial charge in [0.1, 0.15) is 6.04 Å². The maximum Gasteiger partial charge on any atom is 0.425 e. The third kappa shape index (κ3) is 4.53. The summed E-state index contributed by atoms with van der Waals surface area (Å²) in [6, 6.07) is 7.98. The first-order valence-corrected chi connectivity index (χ1v) is 9.30. The number of carboxylic acid groups (broad SMARTS) is 1. The van der Waals surface area contributed by atoms with Gasteiger partial charge in [0.25, 0.3) is 0 Å². The number of benzene rings is 1. The predicted molar refractivity (Wildman–Crippen MR) is 94.6 cm³/mol. The van der Waals surface area contributed by atoms with Crippen LogP contribution in [0.4, 0.5) is 4.79 Å². The van der Waals surface area contributed by atoms with Crippen LogP contribution in [0.5, 0.6) is 0 Å². The van der Waals surface area contributed by atoms with Gasteiger partial charge in [-0.25, -0.2) is 14.5 Å². The molecule has 27 heavy (non-hydrogen) atoms. The molecular weight excluding hydrogens is 350 g/mol. The summed E-state index contributed by atoms with van der Waals surface area (Å²) in [5.41, 5.74) is 0.789. The summed E-state index contributed by atoms with van der Waals surface area (Å²) < 4.78 is 4.68. The van der Waals surface area contributed by atoms with Gasteiger partial charge in [-0.3, -0.25) is 9.59 Å². The number of carbonyl (C=O) groups is 4. The topological polar surface area (TPSA) is 101 Å². The van der Waals surface area contributed by atoms with Crippen molar-refractivity contribution in [2.45, 2.75) is 51.0 Å². The summed E-state index contributed by atoms with van der Waals surface area (Å²) >= 11 is 0. The van der Waals surface area contributed by atoms with Gasteiger partial charge in [-0.2, -0.15) is 0 Å².